The number of urea groups is 1. The fraction of sp³-hybridized carbons (Fsp3) is 0.308. The molecule has 2 amide bonds. The number of fused-ring (bicyclic) bond motifs is 1. The van der Waals surface area contributed by atoms with E-state index in [1.165, 1.54) is 0 Å². The molecule has 11 heteroatoms. The van der Waals surface area contributed by atoms with E-state index in [-0.39, 0.29) is 17.7 Å². The third-order valence-corrected chi connectivity index (χ3v) is 7.84. The highest BCUT2D eigenvalue weighted by molar-refractivity contribution is 6.35. The van der Waals surface area contributed by atoms with Crippen molar-refractivity contribution in [1.82, 2.24) is 25.1 Å². The average molecular weight is 538 g/mol. The molecule has 9 nitrogen and oxygen atoms in total. The van der Waals surface area contributed by atoms with Crippen molar-refractivity contribution in [3.8, 4) is 17.0 Å². The monoisotopic (exact) mass is 537 g/mol. The van der Waals surface area contributed by atoms with Crippen molar-refractivity contribution in [2.24, 2.45) is 5.73 Å². The summed E-state index contributed by atoms with van der Waals surface area (Å²) in [6.07, 6.45) is 6.52. The number of nitrogens with one attached hydrogen (secondary N) is 1. The van der Waals surface area contributed by atoms with Crippen LogP contribution in [-0.2, 0) is 0 Å². The Bertz CT molecular complexity index is 1470. The van der Waals surface area contributed by atoms with E-state index in [0.717, 1.165) is 47.4 Å². The Hall–Kier alpha value is -3.56. The number of H-pyrrole nitrogens is 1. The number of aromatic amines is 1. The third kappa shape index (κ3) is 4.32. The van der Waals surface area contributed by atoms with Crippen molar-refractivity contribution in [3.63, 3.8) is 0 Å². The summed E-state index contributed by atoms with van der Waals surface area (Å²) in [5.41, 5.74) is 8.69. The van der Waals surface area contributed by atoms with Crippen molar-refractivity contribution in [2.75, 3.05) is 24.5 Å². The molecule has 1 saturated heterocycles. The Morgan fingerprint density at radius 1 is 1.14 bits per heavy atom. The van der Waals surface area contributed by atoms with Gasteiger partial charge in [0.1, 0.15) is 23.4 Å². The van der Waals surface area contributed by atoms with Gasteiger partial charge in [0.2, 0.25) is 0 Å². The van der Waals surface area contributed by atoms with Crippen molar-refractivity contribution in [3.05, 3.63) is 64.5 Å². The van der Waals surface area contributed by atoms with Gasteiger partial charge in [-0.15, -0.1) is 0 Å². The van der Waals surface area contributed by atoms with E-state index in [4.69, 9.17) is 38.7 Å². The molecule has 190 valence electrons. The predicted molar refractivity (Wildman–Crippen MR) is 143 cm³/mol. The van der Waals surface area contributed by atoms with Gasteiger partial charge in [0.05, 0.1) is 21.1 Å². The zero-order chi connectivity index (χ0) is 25.7. The van der Waals surface area contributed by atoms with Gasteiger partial charge in [0, 0.05) is 54.7 Å². The minimum Gasteiger partial charge on any atom is -0.486 e. The number of rotatable bonds is 5. The molecular weight excluding hydrogens is 513 g/mol. The lowest BCUT2D eigenvalue weighted by molar-refractivity contribution is 0.165. The number of ether oxygens (including phenoxy) is 1. The number of hydrogen-bond donors (Lipinski definition) is 2. The van der Waals surface area contributed by atoms with Gasteiger partial charge >= 0.3 is 6.03 Å². The zero-order valence-corrected chi connectivity index (χ0v) is 21.6. The number of aromatic nitrogens is 4. The molecule has 1 aliphatic heterocycles. The molecule has 3 aromatic heterocycles. The summed E-state index contributed by atoms with van der Waals surface area (Å²) in [6, 6.07) is 9.44. The zero-order valence-electron chi connectivity index (χ0n) is 20.1. The molecule has 1 aromatic carbocycles. The molecule has 2 fully saturated rings. The van der Waals surface area contributed by atoms with Crippen LogP contribution in [0.2, 0.25) is 10.0 Å². The van der Waals surface area contributed by atoms with E-state index in [0.29, 0.717) is 34.4 Å². The van der Waals surface area contributed by atoms with Crippen molar-refractivity contribution < 1.29 is 9.53 Å². The molecule has 4 heterocycles. The summed E-state index contributed by atoms with van der Waals surface area (Å²) < 4.78 is 6.18. The van der Waals surface area contributed by atoms with E-state index >= 15 is 0 Å². The number of piperazine rings is 1. The molecule has 1 atom stereocenters. The number of nitrogens with two attached hydrogens (primary N) is 1. The number of hydrogen-bond acceptors (Lipinski definition) is 6. The highest BCUT2D eigenvalue weighted by Crippen LogP contribution is 2.45. The molecule has 1 saturated carbocycles. The number of anilines is 1. The second-order valence-electron chi connectivity index (χ2n) is 9.60. The molecule has 0 radical (unpaired) electrons. The lowest BCUT2D eigenvalue weighted by atomic mass is 10.1. The van der Waals surface area contributed by atoms with Crippen molar-refractivity contribution in [1.29, 1.82) is 0 Å². The Morgan fingerprint density at radius 3 is 2.59 bits per heavy atom. The molecule has 0 unspecified atom stereocenters. The first-order valence-corrected chi connectivity index (χ1v) is 12.8. The molecule has 6 rings (SSSR count). The number of nitrogens with zero attached hydrogens (tertiary/aromatic N) is 5. The summed E-state index contributed by atoms with van der Waals surface area (Å²) in [4.78, 5) is 24.6. The van der Waals surface area contributed by atoms with Gasteiger partial charge in [0.25, 0.3) is 0 Å². The Kier molecular flexibility index (Phi) is 5.84. The topological polar surface area (TPSA) is 113 Å². The number of pyridine rings is 2. The van der Waals surface area contributed by atoms with Crippen LogP contribution in [0.5, 0.6) is 5.75 Å². The first kappa shape index (κ1) is 23.8. The Balaban J connectivity index is 1.23. The number of halogens is 2. The third-order valence-electron chi connectivity index (χ3n) is 7.23. The standard InChI is InChI=1S/C26H25Cl2N7O2/c1-15(23-19(27)12-30-13-20(23)28)37-17-3-4-21-18(10-17)24(33-32-21)16-2-5-22(31-11-16)34-8-9-35(25(29)36)26(14-34)6-7-26/h2-5,10-13,15H,6-9,14H2,1H3,(H2,29,36)(H,32,33)/t15-/m1/s1. The van der Waals surface area contributed by atoms with Gasteiger partial charge in [-0.25, -0.2) is 9.78 Å². The van der Waals surface area contributed by atoms with Crippen LogP contribution >= 0.6 is 23.2 Å². The van der Waals surface area contributed by atoms with Crippen LogP contribution in [0.1, 0.15) is 31.4 Å². The van der Waals surface area contributed by atoms with Crippen molar-refractivity contribution in [2.45, 2.75) is 31.4 Å². The number of amides is 2. The molecule has 0 bridgehead atoms. The van der Waals surface area contributed by atoms with Crippen LogP contribution in [0.15, 0.2) is 48.9 Å². The molecule has 37 heavy (non-hydrogen) atoms. The molecule has 4 aromatic rings. The summed E-state index contributed by atoms with van der Waals surface area (Å²) in [6.45, 7) is 3.95. The van der Waals surface area contributed by atoms with Crippen LogP contribution in [-0.4, -0.2) is 56.3 Å². The Labute approximate surface area is 223 Å². The first-order valence-electron chi connectivity index (χ1n) is 12.1. The maximum atomic E-state index is 11.8. The van der Waals surface area contributed by atoms with Gasteiger partial charge in [-0.05, 0) is 50.1 Å². The number of carbonyl (C=O) groups excluding carboxylic acids is 1. The summed E-state index contributed by atoms with van der Waals surface area (Å²) in [7, 11) is 0. The minimum atomic E-state index is -0.374. The SMILES string of the molecule is C[C@@H](Oc1ccc2[nH]nc(-c3ccc(N4CCN(C(N)=O)C5(CC5)C4)nc3)c2c1)c1c(Cl)cncc1Cl. The van der Waals surface area contributed by atoms with E-state index in [1.54, 1.807) is 12.4 Å². The maximum Gasteiger partial charge on any atom is 0.315 e. The highest BCUT2D eigenvalue weighted by atomic mass is 35.5. The lowest BCUT2D eigenvalue weighted by Crippen LogP contribution is -2.58. The second kappa shape index (κ2) is 9.08. The van der Waals surface area contributed by atoms with Gasteiger partial charge in [0.15, 0.2) is 0 Å². The Morgan fingerprint density at radius 2 is 1.92 bits per heavy atom. The van der Waals surface area contributed by atoms with Gasteiger partial charge in [-0.2, -0.15) is 5.10 Å². The number of benzene rings is 1. The van der Waals surface area contributed by atoms with Crippen LogP contribution in [0.4, 0.5) is 10.6 Å². The molecule has 1 aliphatic carbocycles. The van der Waals surface area contributed by atoms with Gasteiger partial charge in [-0.3, -0.25) is 10.1 Å². The molecule has 3 N–H and O–H groups in total. The van der Waals surface area contributed by atoms with Gasteiger partial charge in [-0.1, -0.05) is 23.2 Å². The smallest absolute Gasteiger partial charge is 0.315 e. The number of primary amides is 1. The quantitative estimate of drug-likeness (QED) is 0.361. The molecule has 2 aliphatic rings. The van der Waals surface area contributed by atoms with Crippen molar-refractivity contribution >= 4 is 46.0 Å². The maximum absolute atomic E-state index is 11.8. The molecule has 1 spiro atoms. The normalized spacial score (nSPS) is 17.3. The van der Waals surface area contributed by atoms with Gasteiger partial charge < -0.3 is 20.3 Å². The minimum absolute atomic E-state index is 0.138. The highest BCUT2D eigenvalue weighted by Gasteiger charge is 2.53. The number of carbonyl (C=O) groups is 1. The van der Waals surface area contributed by atoms with Crippen LogP contribution in [0, 0.1) is 0 Å². The van der Waals surface area contributed by atoms with Crippen LogP contribution < -0.4 is 15.4 Å². The molecular formula is C26H25Cl2N7O2. The van der Waals surface area contributed by atoms with E-state index < -0.39 is 0 Å². The predicted octanol–water partition coefficient (Wildman–Crippen LogP) is 5.20. The van der Waals surface area contributed by atoms with E-state index in [1.807, 2.05) is 48.4 Å². The largest absolute Gasteiger partial charge is 0.486 e. The fourth-order valence-corrected chi connectivity index (χ4v) is 5.83. The first-order chi connectivity index (χ1) is 17.8. The van der Waals surface area contributed by atoms with Crippen LogP contribution in [0.25, 0.3) is 22.2 Å². The van der Waals surface area contributed by atoms with E-state index in [2.05, 4.69) is 20.1 Å². The summed E-state index contributed by atoms with van der Waals surface area (Å²) >= 11 is 12.6. The summed E-state index contributed by atoms with van der Waals surface area (Å²) in [5, 5.41) is 9.45. The van der Waals surface area contributed by atoms with E-state index in [9.17, 15) is 4.79 Å². The second-order valence-corrected chi connectivity index (χ2v) is 10.4. The lowest BCUT2D eigenvalue weighted by Gasteiger charge is -2.41. The van der Waals surface area contributed by atoms with Crippen LogP contribution in [0.3, 0.4) is 0 Å². The fourth-order valence-electron chi connectivity index (χ4n) is 5.16. The average Bonchev–Trinajstić information content (AvgIpc) is 3.50. The summed E-state index contributed by atoms with van der Waals surface area (Å²) in [5.74, 6) is 1.54.